The normalized spacial score (nSPS) is 12.1. The fourth-order valence-corrected chi connectivity index (χ4v) is 2.61. The van der Waals surface area contributed by atoms with Crippen molar-refractivity contribution in [3.05, 3.63) is 0 Å². The van der Waals surface area contributed by atoms with Crippen LogP contribution in [0, 0.1) is 0 Å². The van der Waals surface area contributed by atoms with E-state index < -0.39 is 24.0 Å². The fourth-order valence-electron chi connectivity index (χ4n) is 0.385. The van der Waals surface area contributed by atoms with Gasteiger partial charge in [-0.3, -0.25) is 9.59 Å². The Hall–Kier alpha value is 0.1000. The maximum Gasteiger partial charge on any atom is 0.321 e. The molecule has 0 aliphatic carbocycles. The molecule has 0 spiro atoms. The van der Waals surface area contributed by atoms with E-state index in [9.17, 15) is 9.59 Å². The molecule has 0 radical (unpaired) electrons. The van der Waals surface area contributed by atoms with Gasteiger partial charge < -0.3 is 27.2 Å². The Morgan fingerprint density at radius 2 is 1.18 bits per heavy atom. The summed E-state index contributed by atoms with van der Waals surface area (Å²) in [6, 6.07) is -1.85. The molecule has 0 fully saturated rings. The average Bonchev–Trinajstić information content (AvgIpc) is 2.11. The minimum absolute atomic E-state index is 0. The van der Waals surface area contributed by atoms with Gasteiger partial charge in [-0.15, -0.1) is 24.8 Å². The van der Waals surface area contributed by atoms with Gasteiger partial charge in [0.15, 0.2) is 0 Å². The SMILES string of the molecule is Cl.Cl.N[C@@H](CSSC[C@H](N)C(=O)O)C(=O)O.O. The van der Waals surface area contributed by atoms with Crippen molar-refractivity contribution in [1.82, 2.24) is 0 Å². The van der Waals surface area contributed by atoms with E-state index in [0.717, 1.165) is 0 Å². The van der Waals surface area contributed by atoms with Gasteiger partial charge in [-0.05, 0) is 0 Å². The summed E-state index contributed by atoms with van der Waals surface area (Å²) < 4.78 is 0. The second kappa shape index (κ2) is 14.2. The summed E-state index contributed by atoms with van der Waals surface area (Å²) in [6.45, 7) is 0. The highest BCUT2D eigenvalue weighted by Gasteiger charge is 2.14. The van der Waals surface area contributed by atoms with Gasteiger partial charge in [-0.25, -0.2) is 0 Å². The number of halogens is 2. The van der Waals surface area contributed by atoms with Crippen LogP contribution in [0.5, 0.6) is 0 Å². The molecule has 17 heavy (non-hydrogen) atoms. The van der Waals surface area contributed by atoms with Gasteiger partial charge in [-0.2, -0.15) is 0 Å². The predicted octanol–water partition coefficient (Wildman–Crippen LogP) is -0.789. The van der Waals surface area contributed by atoms with Crippen LogP contribution >= 0.6 is 46.4 Å². The molecule has 0 aromatic carbocycles. The molecule has 0 aliphatic rings. The number of hydrogen-bond acceptors (Lipinski definition) is 6. The van der Waals surface area contributed by atoms with Crippen molar-refractivity contribution >= 4 is 58.3 Å². The monoisotopic (exact) mass is 330 g/mol. The van der Waals surface area contributed by atoms with Crippen LogP contribution in [0.3, 0.4) is 0 Å². The summed E-state index contributed by atoms with van der Waals surface area (Å²) >= 11 is 0. The maximum absolute atomic E-state index is 10.3. The number of carbonyl (C=O) groups is 2. The van der Waals surface area contributed by atoms with Crippen LogP contribution in [0.1, 0.15) is 0 Å². The van der Waals surface area contributed by atoms with Gasteiger partial charge in [0, 0.05) is 11.5 Å². The first-order chi connectivity index (χ1) is 6.45. The van der Waals surface area contributed by atoms with E-state index in [1.165, 1.54) is 21.6 Å². The van der Waals surface area contributed by atoms with Crippen LogP contribution in [0.2, 0.25) is 0 Å². The molecule has 0 amide bonds. The molecule has 0 heterocycles. The number of carboxylic acids is 2. The summed E-state index contributed by atoms with van der Waals surface area (Å²) in [7, 11) is 2.41. The smallest absolute Gasteiger partial charge is 0.321 e. The first-order valence-electron chi connectivity index (χ1n) is 3.66. The summed E-state index contributed by atoms with van der Waals surface area (Å²) in [6.07, 6.45) is 0. The lowest BCUT2D eigenvalue weighted by Crippen LogP contribution is -2.33. The van der Waals surface area contributed by atoms with Crippen LogP contribution in [0.15, 0.2) is 0 Å². The number of rotatable bonds is 7. The lowest BCUT2D eigenvalue weighted by Gasteiger charge is -2.07. The highest BCUT2D eigenvalue weighted by Crippen LogP contribution is 2.22. The molecule has 106 valence electrons. The molecule has 8 N–H and O–H groups in total. The molecule has 0 aliphatic heterocycles. The molecule has 0 saturated carbocycles. The molecular weight excluding hydrogens is 315 g/mol. The molecule has 0 saturated heterocycles. The molecule has 0 rings (SSSR count). The summed E-state index contributed by atoms with van der Waals surface area (Å²) in [5.41, 5.74) is 10.4. The van der Waals surface area contributed by atoms with Crippen LogP contribution in [-0.2, 0) is 9.59 Å². The van der Waals surface area contributed by atoms with E-state index in [-0.39, 0.29) is 41.8 Å². The fraction of sp³-hybridized carbons (Fsp3) is 0.667. The Kier molecular flexibility index (Phi) is 21.5. The van der Waals surface area contributed by atoms with Crippen molar-refractivity contribution in [1.29, 1.82) is 0 Å². The van der Waals surface area contributed by atoms with Crippen molar-refractivity contribution in [2.24, 2.45) is 11.5 Å². The lowest BCUT2D eigenvalue weighted by atomic mass is 10.4. The molecule has 0 aromatic rings. The third-order valence-electron chi connectivity index (χ3n) is 1.21. The molecule has 11 heteroatoms. The van der Waals surface area contributed by atoms with Crippen LogP contribution in [0.25, 0.3) is 0 Å². The van der Waals surface area contributed by atoms with Gasteiger partial charge in [0.2, 0.25) is 0 Å². The third-order valence-corrected chi connectivity index (χ3v) is 3.69. The zero-order valence-electron chi connectivity index (χ0n) is 8.57. The van der Waals surface area contributed by atoms with E-state index >= 15 is 0 Å². The summed E-state index contributed by atoms with van der Waals surface area (Å²) in [4.78, 5) is 20.5. The van der Waals surface area contributed by atoms with Crippen molar-refractivity contribution in [2.45, 2.75) is 12.1 Å². The van der Waals surface area contributed by atoms with E-state index in [1.807, 2.05) is 0 Å². The largest absolute Gasteiger partial charge is 0.480 e. The third kappa shape index (κ3) is 14.0. The first kappa shape index (κ1) is 25.8. The Labute approximate surface area is 119 Å². The highest BCUT2D eigenvalue weighted by molar-refractivity contribution is 8.76. The van der Waals surface area contributed by atoms with Gasteiger partial charge in [0.25, 0.3) is 0 Å². The number of nitrogens with two attached hydrogens (primary N) is 2. The van der Waals surface area contributed by atoms with Gasteiger partial charge >= 0.3 is 11.9 Å². The second-order valence-corrected chi connectivity index (χ2v) is 5.01. The van der Waals surface area contributed by atoms with Gasteiger partial charge in [0.05, 0.1) is 0 Å². The Balaban J connectivity index is -0.000000282. The van der Waals surface area contributed by atoms with Crippen molar-refractivity contribution in [3.8, 4) is 0 Å². The zero-order chi connectivity index (χ0) is 11.1. The quantitative estimate of drug-likeness (QED) is 0.349. The van der Waals surface area contributed by atoms with Gasteiger partial charge in [-0.1, -0.05) is 21.6 Å². The molecule has 0 aromatic heterocycles. The van der Waals surface area contributed by atoms with E-state index in [0.29, 0.717) is 0 Å². The van der Waals surface area contributed by atoms with Crippen molar-refractivity contribution in [2.75, 3.05) is 11.5 Å². The number of hydrogen-bond donors (Lipinski definition) is 4. The maximum atomic E-state index is 10.3. The first-order valence-corrected chi connectivity index (χ1v) is 6.15. The zero-order valence-corrected chi connectivity index (χ0v) is 11.8. The summed E-state index contributed by atoms with van der Waals surface area (Å²) in [5.74, 6) is -1.68. The van der Waals surface area contributed by atoms with E-state index in [1.54, 1.807) is 0 Å². The molecule has 7 nitrogen and oxygen atoms in total. The number of aliphatic carboxylic acids is 2. The standard InChI is InChI=1S/C6H12N2O4S2.2ClH.H2O/c7-3(5(9)10)1-13-14-2-4(8)6(11)12;;;/h3-4H,1-2,7-8H2,(H,9,10)(H,11,12);2*1H;1H2/t3-,4-;;;/m0.../s1. The van der Waals surface area contributed by atoms with Crippen LogP contribution in [0.4, 0.5) is 0 Å². The Morgan fingerprint density at radius 3 is 1.35 bits per heavy atom. The molecule has 0 unspecified atom stereocenters. The Morgan fingerprint density at radius 1 is 0.941 bits per heavy atom. The minimum atomic E-state index is -1.07. The van der Waals surface area contributed by atoms with E-state index in [4.69, 9.17) is 21.7 Å². The molecule has 0 bridgehead atoms. The van der Waals surface area contributed by atoms with Gasteiger partial charge in [0.1, 0.15) is 12.1 Å². The van der Waals surface area contributed by atoms with Crippen LogP contribution < -0.4 is 11.5 Å². The highest BCUT2D eigenvalue weighted by atomic mass is 35.5. The summed E-state index contributed by atoms with van der Waals surface area (Å²) in [5, 5.41) is 16.8. The second-order valence-electron chi connectivity index (χ2n) is 2.46. The minimum Gasteiger partial charge on any atom is -0.480 e. The predicted molar refractivity (Wildman–Crippen MR) is 74.2 cm³/mol. The molecular formula is C6H16Cl2N2O5S2. The molecule has 2 atom stereocenters. The van der Waals surface area contributed by atoms with E-state index in [2.05, 4.69) is 0 Å². The Bertz CT molecular complexity index is 203. The topological polar surface area (TPSA) is 158 Å². The lowest BCUT2D eigenvalue weighted by molar-refractivity contribution is -0.138. The average molecular weight is 331 g/mol. The van der Waals surface area contributed by atoms with Crippen LogP contribution in [-0.4, -0.2) is 51.2 Å². The van der Waals surface area contributed by atoms with Crippen molar-refractivity contribution in [3.63, 3.8) is 0 Å². The van der Waals surface area contributed by atoms with Crippen molar-refractivity contribution < 1.29 is 25.3 Å². The number of carboxylic acid groups (broad SMARTS) is 2.